The van der Waals surface area contributed by atoms with E-state index in [4.69, 9.17) is 14.9 Å². The minimum Gasteiger partial charge on any atom is -0.480 e. The zero-order valence-corrected chi connectivity index (χ0v) is 24.7. The van der Waals surface area contributed by atoms with E-state index in [-0.39, 0.29) is 32.7 Å². The number of rotatable bonds is 26. The average Bonchev–Trinajstić information content (AvgIpc) is 2.84. The Kier molecular flexibility index (Phi) is 20.0. The second-order valence-corrected chi connectivity index (χ2v) is 11.0. The van der Waals surface area contributed by atoms with Crippen LogP contribution < -0.4 is 10.6 Å². The summed E-state index contributed by atoms with van der Waals surface area (Å²) in [4.78, 5) is 73.5. The van der Waals surface area contributed by atoms with Crippen molar-refractivity contribution < 1.29 is 67.6 Å². The fourth-order valence-electron chi connectivity index (χ4n) is 3.63. The number of aliphatic carboxylic acids is 4. The second kappa shape index (κ2) is 21.6. The Labute approximate surface area is 249 Å². The molecule has 43 heavy (non-hydrogen) atoms. The summed E-state index contributed by atoms with van der Waals surface area (Å²) in [5.74, 6) is -7.85. The van der Waals surface area contributed by atoms with Crippen molar-refractivity contribution in [3.8, 4) is 0 Å². The van der Waals surface area contributed by atoms with Crippen molar-refractivity contribution in [2.24, 2.45) is 0 Å². The quantitative estimate of drug-likeness (QED) is 0.0454. The molecule has 0 saturated heterocycles. The van der Waals surface area contributed by atoms with Crippen LogP contribution in [-0.4, -0.2) is 175 Å². The van der Waals surface area contributed by atoms with E-state index in [1.807, 2.05) is 6.92 Å². The van der Waals surface area contributed by atoms with Crippen molar-refractivity contribution >= 4 is 46.6 Å². The van der Waals surface area contributed by atoms with E-state index in [9.17, 15) is 52.6 Å². The van der Waals surface area contributed by atoms with E-state index in [2.05, 4.69) is 10.6 Å². The van der Waals surface area contributed by atoms with Gasteiger partial charge in [0, 0.05) is 45.9 Å². The minimum absolute atomic E-state index is 0.0972. The molecule has 250 valence electrons. The van der Waals surface area contributed by atoms with Crippen LogP contribution in [0.1, 0.15) is 19.8 Å². The molecule has 0 aliphatic rings. The molecule has 0 rings (SSSR count). The van der Waals surface area contributed by atoms with Gasteiger partial charge in [0.1, 0.15) is 6.04 Å². The van der Waals surface area contributed by atoms with E-state index < -0.39 is 91.1 Å². The normalized spacial score (nSPS) is 12.7. The molecule has 9 N–H and O–H groups in total. The van der Waals surface area contributed by atoms with Gasteiger partial charge in [-0.15, -0.1) is 0 Å². The summed E-state index contributed by atoms with van der Waals surface area (Å²) in [5, 5.41) is 41.2. The summed E-state index contributed by atoms with van der Waals surface area (Å²) in [5.41, 5.74) is 0. The smallest absolute Gasteiger partial charge is 0.317 e. The molecule has 0 aliphatic carbocycles. The predicted octanol–water partition coefficient (Wildman–Crippen LogP) is -2.13. The third kappa shape index (κ3) is 23.1. The average molecular weight is 646 g/mol. The van der Waals surface area contributed by atoms with E-state index in [1.165, 1.54) is 4.90 Å². The number of hydrogen-bond donors (Lipinski definition) is 9. The fourth-order valence-corrected chi connectivity index (χ4v) is 4.32. The highest BCUT2D eigenvalue weighted by Gasteiger charge is 2.29. The van der Waals surface area contributed by atoms with Gasteiger partial charge in [-0.3, -0.25) is 43.5 Å². The topological polar surface area (TPSA) is 287 Å². The van der Waals surface area contributed by atoms with Crippen molar-refractivity contribution in [3.05, 3.63) is 0 Å². The Morgan fingerprint density at radius 2 is 1.14 bits per heavy atom. The first-order valence-electron chi connectivity index (χ1n) is 13.2. The lowest BCUT2D eigenvalue weighted by Gasteiger charge is -2.29. The first-order chi connectivity index (χ1) is 20.0. The van der Waals surface area contributed by atoms with Crippen LogP contribution in [0, 0.1) is 0 Å². The summed E-state index contributed by atoms with van der Waals surface area (Å²) in [6.45, 7) is -0.684. The molecule has 0 aromatic rings. The molecule has 0 aromatic carbocycles. The number of carbonyl (C=O) groups is 6. The van der Waals surface area contributed by atoms with Crippen molar-refractivity contribution in [2.45, 2.75) is 25.8 Å². The zero-order valence-electron chi connectivity index (χ0n) is 23.9. The molecule has 2 amide bonds. The van der Waals surface area contributed by atoms with Crippen LogP contribution in [-0.2, 0) is 33.5 Å². The number of carbonyl (C=O) groups excluding carboxylic acids is 2. The maximum absolute atomic E-state index is 12.7. The Morgan fingerprint density at radius 3 is 1.58 bits per heavy atom. The molecule has 0 aromatic heterocycles. The Bertz CT molecular complexity index is 903. The fraction of sp³-hybridized carbons (Fsp3) is 0.739. The largest absolute Gasteiger partial charge is 0.480 e. The van der Waals surface area contributed by atoms with Crippen molar-refractivity contribution in [1.29, 1.82) is 0 Å². The predicted molar refractivity (Wildman–Crippen MR) is 151 cm³/mol. The van der Waals surface area contributed by atoms with Crippen LogP contribution >= 0.6 is 10.9 Å². The van der Waals surface area contributed by atoms with Gasteiger partial charge < -0.3 is 49.5 Å². The number of ether oxygens (including phenoxy) is 1. The number of nitrogens with one attached hydrogen (secondary N) is 2. The molecular weight excluding hydrogens is 602 g/mol. The maximum Gasteiger partial charge on any atom is 0.317 e. The molecule has 0 bridgehead atoms. The number of nitrogens with zero attached hydrogens (tertiary/aromatic N) is 3. The van der Waals surface area contributed by atoms with Crippen molar-refractivity contribution in [3.63, 3.8) is 0 Å². The molecular formula is C23H43N5O14S. The lowest BCUT2D eigenvalue weighted by molar-refractivity contribution is -0.143. The highest BCUT2D eigenvalue weighted by molar-refractivity contribution is 8.19. The minimum atomic E-state index is -4.21. The molecule has 19 nitrogen and oxygen atoms in total. The van der Waals surface area contributed by atoms with Gasteiger partial charge in [0.25, 0.3) is 0 Å². The van der Waals surface area contributed by atoms with Gasteiger partial charge in [-0.25, -0.2) is 0 Å². The van der Waals surface area contributed by atoms with Gasteiger partial charge in [0.15, 0.2) is 0 Å². The van der Waals surface area contributed by atoms with Crippen LogP contribution in [0.25, 0.3) is 0 Å². The number of carboxylic acids is 4. The second-order valence-electron chi connectivity index (χ2n) is 9.45. The number of amides is 2. The molecule has 20 heteroatoms. The molecule has 0 aliphatic heterocycles. The van der Waals surface area contributed by atoms with E-state index in [0.717, 1.165) is 16.2 Å². The molecule has 0 fully saturated rings. The van der Waals surface area contributed by atoms with Gasteiger partial charge in [-0.05, 0) is 12.8 Å². The van der Waals surface area contributed by atoms with Crippen LogP contribution in [0.3, 0.4) is 0 Å². The van der Waals surface area contributed by atoms with E-state index in [0.29, 0.717) is 19.6 Å². The summed E-state index contributed by atoms with van der Waals surface area (Å²) in [6.07, 6.45) is 1.23. The van der Waals surface area contributed by atoms with E-state index in [1.54, 1.807) is 0 Å². The van der Waals surface area contributed by atoms with Crippen molar-refractivity contribution in [2.75, 3.05) is 84.4 Å². The van der Waals surface area contributed by atoms with Crippen LogP contribution in [0.5, 0.6) is 0 Å². The van der Waals surface area contributed by atoms with Crippen LogP contribution in [0.15, 0.2) is 0 Å². The third-order valence-corrected chi connectivity index (χ3v) is 6.20. The SMILES string of the molecule is CCCOCCCNC(=O)[C@@H](CS(O)(O)O)NC(=O)CN(CCN(CCN(CC(=O)O)CC(=O)O)CC(=O)O)CC(=O)O. The van der Waals surface area contributed by atoms with Crippen LogP contribution in [0.4, 0.5) is 0 Å². The van der Waals surface area contributed by atoms with Gasteiger partial charge in [-0.2, -0.15) is 0 Å². The van der Waals surface area contributed by atoms with Crippen LogP contribution in [0.2, 0.25) is 0 Å². The van der Waals surface area contributed by atoms with Crippen molar-refractivity contribution in [1.82, 2.24) is 25.3 Å². The first kappa shape index (κ1) is 39.9. The highest BCUT2D eigenvalue weighted by Crippen LogP contribution is 2.33. The molecule has 0 unspecified atom stereocenters. The van der Waals surface area contributed by atoms with Gasteiger partial charge in [0.2, 0.25) is 11.8 Å². The monoisotopic (exact) mass is 645 g/mol. The highest BCUT2D eigenvalue weighted by atomic mass is 32.3. The summed E-state index contributed by atoms with van der Waals surface area (Å²) < 4.78 is 33.7. The lowest BCUT2D eigenvalue weighted by atomic mass is 10.3. The molecule has 1 atom stereocenters. The first-order valence-corrected chi connectivity index (χ1v) is 14.9. The van der Waals surface area contributed by atoms with Gasteiger partial charge in [-0.1, -0.05) is 6.92 Å². The van der Waals surface area contributed by atoms with Gasteiger partial charge in [0.05, 0.1) is 49.3 Å². The van der Waals surface area contributed by atoms with E-state index >= 15 is 0 Å². The maximum atomic E-state index is 12.7. The zero-order chi connectivity index (χ0) is 33.0. The molecule has 0 saturated carbocycles. The number of hydrogen-bond acceptors (Lipinski definition) is 13. The standard InChI is InChI=1S/C23H43N5O14S/c1-2-9-42-10-3-4-24-23(38)17(16-43(39,40)41)25-18(29)11-27(13-20(32)33)7-5-26(12-19(30)31)6-8-28(14-21(34)35)15-22(36)37/h17,39-41H,2-16H2,1H3,(H,24,38)(H,25,29)(H,30,31)(H,32,33)(H,34,35)(H,36,37)/t17-/m1/s1. The Morgan fingerprint density at radius 1 is 0.698 bits per heavy atom. The summed E-state index contributed by atoms with van der Waals surface area (Å²) in [6, 6.07) is -1.58. The summed E-state index contributed by atoms with van der Waals surface area (Å²) in [7, 11) is -4.21. The molecule has 0 radical (unpaired) electrons. The Balaban J connectivity index is 5.34. The summed E-state index contributed by atoms with van der Waals surface area (Å²) >= 11 is 0. The number of carboxylic acid groups (broad SMARTS) is 4. The lowest BCUT2D eigenvalue weighted by Crippen LogP contribution is -2.53. The third-order valence-electron chi connectivity index (χ3n) is 5.42. The Hall–Kier alpha value is -3.11. The van der Waals surface area contributed by atoms with Gasteiger partial charge >= 0.3 is 23.9 Å². The molecule has 0 heterocycles. The molecule has 0 spiro atoms.